The van der Waals surface area contributed by atoms with E-state index in [1.165, 1.54) is 5.56 Å². The third-order valence-electron chi connectivity index (χ3n) is 9.36. The Morgan fingerprint density at radius 2 is 1.81 bits per heavy atom. The van der Waals surface area contributed by atoms with Gasteiger partial charge in [-0.1, -0.05) is 26.0 Å². The molecular weight excluding hydrogens is 530 g/mol. The molecule has 1 amide bonds. The van der Waals surface area contributed by atoms with Gasteiger partial charge in [0.1, 0.15) is 12.1 Å². The lowest BCUT2D eigenvalue weighted by molar-refractivity contribution is 0.0350. The van der Waals surface area contributed by atoms with Crippen molar-refractivity contribution in [2.75, 3.05) is 38.2 Å². The number of anilines is 1. The van der Waals surface area contributed by atoms with E-state index in [4.69, 9.17) is 9.84 Å². The summed E-state index contributed by atoms with van der Waals surface area (Å²) in [5.74, 6) is 0.0902. The van der Waals surface area contributed by atoms with Gasteiger partial charge in [-0.25, -0.2) is 0 Å². The van der Waals surface area contributed by atoms with Crippen molar-refractivity contribution >= 4 is 22.6 Å². The van der Waals surface area contributed by atoms with Crippen LogP contribution in [0.15, 0.2) is 41.3 Å². The number of amides is 1. The van der Waals surface area contributed by atoms with Gasteiger partial charge in [0, 0.05) is 70.1 Å². The van der Waals surface area contributed by atoms with E-state index >= 15 is 0 Å². The summed E-state index contributed by atoms with van der Waals surface area (Å²) in [6, 6.07) is 12.6. The van der Waals surface area contributed by atoms with Crippen LogP contribution < -0.4 is 10.5 Å². The fourth-order valence-corrected chi connectivity index (χ4v) is 6.64. The van der Waals surface area contributed by atoms with Crippen molar-refractivity contribution in [3.05, 3.63) is 58.0 Å². The van der Waals surface area contributed by atoms with Crippen molar-refractivity contribution in [1.29, 1.82) is 5.26 Å². The van der Waals surface area contributed by atoms with Gasteiger partial charge in [0.25, 0.3) is 11.5 Å². The van der Waals surface area contributed by atoms with Crippen molar-refractivity contribution in [3.63, 3.8) is 0 Å². The Kier molecular flexibility index (Phi) is 8.99. The molecule has 2 aliphatic rings. The average Bonchev–Trinajstić information content (AvgIpc) is 3.46. The molecule has 224 valence electrons. The van der Waals surface area contributed by atoms with E-state index in [9.17, 15) is 14.9 Å². The fraction of sp³-hybridized carbons (Fsp3) is 0.562. The van der Waals surface area contributed by atoms with Gasteiger partial charge in [-0.3, -0.25) is 19.2 Å². The Morgan fingerprint density at radius 3 is 2.43 bits per heavy atom. The number of fused-ring (bicyclic) bond motifs is 1. The second-order valence-corrected chi connectivity index (χ2v) is 11.6. The zero-order valence-electron chi connectivity index (χ0n) is 25.5. The number of ether oxygens (including phenoxy) is 1. The Hall–Kier alpha value is -3.68. The molecule has 2 aliphatic heterocycles. The van der Waals surface area contributed by atoms with E-state index in [-0.39, 0.29) is 42.2 Å². The molecule has 0 N–H and O–H groups in total. The number of hydrogen-bond donors (Lipinski definition) is 0. The number of piperazine rings is 1. The number of aryl methyl sites for hydroxylation is 1. The third-order valence-corrected chi connectivity index (χ3v) is 9.36. The molecule has 42 heavy (non-hydrogen) atoms. The topological polar surface area (TPSA) is 99.6 Å². The minimum absolute atomic E-state index is 0.0783. The van der Waals surface area contributed by atoms with E-state index in [0.717, 1.165) is 74.1 Å². The number of likely N-dealkylation sites (tertiary alicyclic amines) is 1. The Balaban J connectivity index is 1.36. The first kappa shape index (κ1) is 29.8. The van der Waals surface area contributed by atoms with Crippen LogP contribution in [0.5, 0.6) is 0 Å². The Labute approximate surface area is 248 Å². The second kappa shape index (κ2) is 12.7. The van der Waals surface area contributed by atoms with Gasteiger partial charge in [-0.15, -0.1) is 0 Å². The maximum absolute atomic E-state index is 13.1. The summed E-state index contributed by atoms with van der Waals surface area (Å²) < 4.78 is 8.67. The number of nitrogens with zero attached hydrogens (tertiary/aromatic N) is 7. The average molecular weight is 574 g/mol. The van der Waals surface area contributed by atoms with Gasteiger partial charge in [0.2, 0.25) is 0 Å². The van der Waals surface area contributed by atoms with Gasteiger partial charge in [-0.05, 0) is 50.3 Å². The van der Waals surface area contributed by atoms with E-state index in [2.05, 4.69) is 48.8 Å². The largest absolute Gasteiger partial charge is 0.381 e. The molecule has 4 heterocycles. The van der Waals surface area contributed by atoms with Crippen LogP contribution in [0.25, 0.3) is 11.0 Å². The molecule has 2 aromatic heterocycles. The zero-order valence-corrected chi connectivity index (χ0v) is 25.5. The van der Waals surface area contributed by atoms with E-state index in [1.54, 1.807) is 35.7 Å². The van der Waals surface area contributed by atoms with E-state index < -0.39 is 0 Å². The van der Waals surface area contributed by atoms with Crippen LogP contribution in [0.3, 0.4) is 0 Å². The smallest absolute Gasteiger partial charge is 0.253 e. The molecule has 5 rings (SSSR count). The summed E-state index contributed by atoms with van der Waals surface area (Å²) in [7, 11) is 3.49. The van der Waals surface area contributed by atoms with Crippen molar-refractivity contribution in [2.45, 2.75) is 77.2 Å². The number of carbonyl (C=O) groups is 1. The lowest BCUT2D eigenvalue weighted by Gasteiger charge is -2.49. The number of carbonyl (C=O) groups excluding carboxylic acids is 1. The molecule has 1 aromatic carbocycles. The normalized spacial score (nSPS) is 21.0. The minimum atomic E-state index is -0.0783. The van der Waals surface area contributed by atoms with E-state index in [0.29, 0.717) is 0 Å². The SMILES string of the molecule is CC[C@H]1CN([C@H](C)c2ccc(C(=O)N3CCC(OC)CC3)cc2)[C@H](CC)CN1c1cc(=O)n(C)c2cn(CC#N)nc12. The van der Waals surface area contributed by atoms with Crippen LogP contribution in [-0.4, -0.2) is 81.5 Å². The highest BCUT2D eigenvalue weighted by Crippen LogP contribution is 2.34. The first-order valence-electron chi connectivity index (χ1n) is 15.2. The minimum Gasteiger partial charge on any atom is -0.381 e. The molecule has 3 atom stereocenters. The lowest BCUT2D eigenvalue weighted by atomic mass is 9.96. The van der Waals surface area contributed by atoms with Crippen LogP contribution >= 0.6 is 0 Å². The van der Waals surface area contributed by atoms with Crippen LogP contribution in [0.2, 0.25) is 0 Å². The molecule has 0 aliphatic carbocycles. The van der Waals surface area contributed by atoms with Crippen LogP contribution in [0.4, 0.5) is 5.69 Å². The van der Waals surface area contributed by atoms with Crippen molar-refractivity contribution in [1.82, 2.24) is 24.1 Å². The molecule has 0 radical (unpaired) electrons. The number of piperidine rings is 1. The molecule has 10 nitrogen and oxygen atoms in total. The summed E-state index contributed by atoms with van der Waals surface area (Å²) in [6.07, 6.45) is 5.67. The predicted molar refractivity (Wildman–Crippen MR) is 164 cm³/mol. The number of methoxy groups -OCH3 is 1. The van der Waals surface area contributed by atoms with Gasteiger partial charge in [-0.2, -0.15) is 10.4 Å². The standard InChI is InChI=1S/C32H43N7O3/c1-6-25-20-39(28-18-30(40)35(4)29-21-37(17-14-33)34-31(28)29)26(7-2)19-38(25)22(3)23-8-10-24(11-9-23)32(41)36-15-12-27(42-5)13-16-36/h8-11,18,21-22,25-27H,6-7,12-13,15-17,19-20H2,1-5H3/t22-,25-,26+/m1/s1. The van der Waals surface area contributed by atoms with Crippen LogP contribution in [-0.2, 0) is 18.3 Å². The number of pyridine rings is 1. The first-order valence-corrected chi connectivity index (χ1v) is 15.2. The van der Waals surface area contributed by atoms with Crippen molar-refractivity contribution < 1.29 is 9.53 Å². The number of hydrogen-bond acceptors (Lipinski definition) is 7. The lowest BCUT2D eigenvalue weighted by Crippen LogP contribution is -2.58. The molecule has 0 bridgehead atoms. The maximum atomic E-state index is 13.1. The van der Waals surface area contributed by atoms with Gasteiger partial charge < -0.3 is 19.1 Å². The number of rotatable bonds is 8. The maximum Gasteiger partial charge on any atom is 0.253 e. The monoisotopic (exact) mass is 573 g/mol. The highest BCUT2D eigenvalue weighted by Gasteiger charge is 2.36. The molecule has 10 heteroatoms. The zero-order chi connectivity index (χ0) is 30.0. The Morgan fingerprint density at radius 1 is 1.12 bits per heavy atom. The first-order chi connectivity index (χ1) is 20.3. The molecule has 0 spiro atoms. The summed E-state index contributed by atoms with van der Waals surface area (Å²) in [4.78, 5) is 33.0. The molecule has 0 unspecified atom stereocenters. The third kappa shape index (κ3) is 5.68. The number of benzene rings is 1. The molecule has 2 saturated heterocycles. The van der Waals surface area contributed by atoms with Gasteiger partial charge >= 0.3 is 0 Å². The second-order valence-electron chi connectivity index (χ2n) is 11.6. The summed E-state index contributed by atoms with van der Waals surface area (Å²) in [6.45, 7) is 9.88. The van der Waals surface area contributed by atoms with Crippen molar-refractivity contribution in [3.8, 4) is 6.07 Å². The highest BCUT2D eigenvalue weighted by molar-refractivity contribution is 5.94. The summed E-state index contributed by atoms with van der Waals surface area (Å²) in [5, 5.41) is 13.9. The highest BCUT2D eigenvalue weighted by atomic mass is 16.5. The van der Waals surface area contributed by atoms with Gasteiger partial charge in [0.05, 0.1) is 29.6 Å². The Bertz CT molecular complexity index is 1500. The molecule has 3 aromatic rings. The van der Waals surface area contributed by atoms with E-state index in [1.807, 2.05) is 17.0 Å². The summed E-state index contributed by atoms with van der Waals surface area (Å²) >= 11 is 0. The predicted octanol–water partition coefficient (Wildman–Crippen LogP) is 3.95. The molecule has 0 saturated carbocycles. The van der Waals surface area contributed by atoms with Crippen LogP contribution in [0.1, 0.15) is 68.4 Å². The van der Waals surface area contributed by atoms with Gasteiger partial charge in [0.15, 0.2) is 0 Å². The van der Waals surface area contributed by atoms with Crippen LogP contribution in [0, 0.1) is 11.3 Å². The number of nitriles is 1. The summed E-state index contributed by atoms with van der Waals surface area (Å²) in [5.41, 5.74) is 4.19. The van der Waals surface area contributed by atoms with Crippen molar-refractivity contribution in [2.24, 2.45) is 7.05 Å². The fourth-order valence-electron chi connectivity index (χ4n) is 6.64. The quantitative estimate of drug-likeness (QED) is 0.402. The molecule has 2 fully saturated rings. The number of aromatic nitrogens is 3. The molecular formula is C32H43N7O3.